The van der Waals surface area contributed by atoms with Gasteiger partial charge in [-0.15, -0.1) is 0 Å². The molecule has 2 rings (SSSR count). The van der Waals surface area contributed by atoms with E-state index in [1.165, 1.54) is 161 Å². The van der Waals surface area contributed by atoms with Gasteiger partial charge in [0.05, 0.1) is 32.0 Å². The minimum absolute atomic E-state index is 0.253. The summed E-state index contributed by atoms with van der Waals surface area (Å²) in [5.74, 6) is -0.253. The van der Waals surface area contributed by atoms with Gasteiger partial charge in [0.1, 0.15) is 48.8 Å². The van der Waals surface area contributed by atoms with Gasteiger partial charge in [0, 0.05) is 6.42 Å². The summed E-state index contributed by atoms with van der Waals surface area (Å²) in [5, 5.41) is 87.4. The van der Waals surface area contributed by atoms with Crippen molar-refractivity contribution < 1.29 is 64.6 Å². The molecule has 2 aliphatic heterocycles. The molecule has 508 valence electrons. The lowest BCUT2D eigenvalue weighted by molar-refractivity contribution is -0.359. The van der Waals surface area contributed by atoms with E-state index >= 15 is 0 Å². The summed E-state index contributed by atoms with van der Waals surface area (Å²) < 4.78 is 22.8. The van der Waals surface area contributed by atoms with E-state index in [0.717, 1.165) is 77.0 Å². The number of nitrogens with one attached hydrogen (secondary N) is 1. The topological polar surface area (TPSA) is 228 Å². The van der Waals surface area contributed by atoms with E-state index < -0.39 is 86.8 Å². The Labute approximate surface area is 534 Å². The molecular formula is C74H129NO13. The maximum atomic E-state index is 13.3. The second-order valence-corrected chi connectivity index (χ2v) is 24.6. The van der Waals surface area contributed by atoms with E-state index in [1.54, 1.807) is 6.08 Å². The predicted octanol–water partition coefficient (Wildman–Crippen LogP) is 14.6. The van der Waals surface area contributed by atoms with Crippen molar-refractivity contribution >= 4 is 5.91 Å². The van der Waals surface area contributed by atoms with E-state index in [4.69, 9.17) is 18.9 Å². The number of hydrogen-bond donors (Lipinski definition) is 9. The second-order valence-electron chi connectivity index (χ2n) is 24.6. The molecule has 2 fully saturated rings. The Bertz CT molecular complexity index is 1850. The van der Waals surface area contributed by atoms with Gasteiger partial charge in [0.2, 0.25) is 5.91 Å². The third-order valence-electron chi connectivity index (χ3n) is 16.7. The summed E-state index contributed by atoms with van der Waals surface area (Å²) in [6.07, 6.45) is 64.6. The van der Waals surface area contributed by atoms with Gasteiger partial charge in [-0.05, 0) is 89.9 Å². The summed E-state index contributed by atoms with van der Waals surface area (Å²) in [5.41, 5.74) is 0. The van der Waals surface area contributed by atoms with Crippen molar-refractivity contribution in [3.63, 3.8) is 0 Å². The molecule has 0 aromatic heterocycles. The molecule has 2 aliphatic rings. The van der Waals surface area contributed by atoms with Crippen molar-refractivity contribution in [2.24, 2.45) is 0 Å². The normalized spacial score (nSPS) is 23.8. The number of ether oxygens (including phenoxy) is 4. The molecule has 2 heterocycles. The lowest BCUT2D eigenvalue weighted by Crippen LogP contribution is -2.65. The van der Waals surface area contributed by atoms with Crippen LogP contribution < -0.4 is 5.32 Å². The van der Waals surface area contributed by atoms with Gasteiger partial charge >= 0.3 is 0 Å². The minimum atomic E-state index is -1.80. The number of aliphatic hydroxyl groups excluding tert-OH is 8. The van der Waals surface area contributed by atoms with Crippen molar-refractivity contribution in [2.75, 3.05) is 19.8 Å². The first-order chi connectivity index (χ1) is 43.1. The molecule has 9 N–H and O–H groups in total. The third-order valence-corrected chi connectivity index (χ3v) is 16.7. The highest BCUT2D eigenvalue weighted by Crippen LogP contribution is 2.30. The van der Waals surface area contributed by atoms with Gasteiger partial charge in [-0.1, -0.05) is 272 Å². The minimum Gasteiger partial charge on any atom is -0.394 e. The number of allylic oxidation sites excluding steroid dienone is 15. The summed E-state index contributed by atoms with van der Waals surface area (Å²) >= 11 is 0. The molecule has 0 bridgehead atoms. The molecular weight excluding hydrogens is 1110 g/mol. The molecule has 0 aromatic carbocycles. The predicted molar refractivity (Wildman–Crippen MR) is 359 cm³/mol. The van der Waals surface area contributed by atoms with Crippen molar-refractivity contribution in [3.8, 4) is 0 Å². The van der Waals surface area contributed by atoms with Crippen LogP contribution in [0.15, 0.2) is 97.2 Å². The molecule has 12 atom stereocenters. The zero-order chi connectivity index (χ0) is 63.8. The van der Waals surface area contributed by atoms with Crippen molar-refractivity contribution in [3.05, 3.63) is 97.2 Å². The zero-order valence-corrected chi connectivity index (χ0v) is 55.2. The number of carbonyl (C=O) groups is 1. The average molecular weight is 1240 g/mol. The monoisotopic (exact) mass is 1240 g/mol. The molecule has 0 aromatic rings. The molecule has 14 heteroatoms. The standard InChI is InChI=1S/C74H129NO13/c1-3-5-7-9-11-13-15-17-19-21-23-25-26-27-28-29-30-31-32-33-34-35-36-38-40-42-44-46-48-50-52-54-56-58-66(79)75-62(63(78)57-55-53-51-49-47-45-43-41-39-37-24-22-20-18-16-14-12-10-8-6-4-2)61-85-73-71(84)69(82)72(65(60-77)87-73)88-74-70(83)68(81)67(80)64(59-76)86-74/h5,7,11,13,17,19,23,25,27-28,39,41,47,49,55,57,62-65,67-74,76-78,80-84H,3-4,6,8-10,12,14-16,18,20-22,24,26,29-38,40,42-46,48,50-54,56,58-61H2,1-2H3,(H,75,79)/b7-5-,13-11-,19-17-,25-23-,28-27-,41-39+,49-47+,57-55+. The maximum Gasteiger partial charge on any atom is 0.220 e. The Morgan fingerprint density at radius 1 is 0.420 bits per heavy atom. The Kier molecular flexibility index (Phi) is 53.2. The Morgan fingerprint density at radius 3 is 1.25 bits per heavy atom. The first-order valence-corrected chi connectivity index (χ1v) is 35.5. The smallest absolute Gasteiger partial charge is 0.220 e. The number of aliphatic hydroxyl groups is 8. The van der Waals surface area contributed by atoms with Crippen LogP contribution >= 0.6 is 0 Å². The van der Waals surface area contributed by atoms with Gasteiger partial charge in [-0.2, -0.15) is 0 Å². The summed E-state index contributed by atoms with van der Waals surface area (Å²) in [7, 11) is 0. The van der Waals surface area contributed by atoms with Crippen LogP contribution in [-0.4, -0.2) is 140 Å². The lowest BCUT2D eigenvalue weighted by Gasteiger charge is -2.46. The average Bonchev–Trinajstić information content (AvgIpc) is 2.07. The fourth-order valence-electron chi connectivity index (χ4n) is 11.1. The first-order valence-electron chi connectivity index (χ1n) is 35.5. The molecule has 14 nitrogen and oxygen atoms in total. The van der Waals surface area contributed by atoms with Crippen LogP contribution in [0.4, 0.5) is 0 Å². The van der Waals surface area contributed by atoms with Crippen LogP contribution in [0.3, 0.4) is 0 Å². The molecule has 0 radical (unpaired) electrons. The van der Waals surface area contributed by atoms with Gasteiger partial charge in [0.25, 0.3) is 0 Å². The fourth-order valence-corrected chi connectivity index (χ4v) is 11.1. The molecule has 88 heavy (non-hydrogen) atoms. The molecule has 0 spiro atoms. The Hall–Kier alpha value is -3.09. The van der Waals surface area contributed by atoms with E-state index in [9.17, 15) is 45.6 Å². The van der Waals surface area contributed by atoms with Crippen LogP contribution in [0.25, 0.3) is 0 Å². The van der Waals surface area contributed by atoms with Crippen molar-refractivity contribution in [1.82, 2.24) is 5.32 Å². The summed E-state index contributed by atoms with van der Waals surface area (Å²) in [6.45, 7) is 2.68. The van der Waals surface area contributed by atoms with E-state index in [2.05, 4.69) is 104 Å². The first kappa shape index (κ1) is 81.0. The number of unbranched alkanes of at least 4 members (excludes halogenated alkanes) is 30. The van der Waals surface area contributed by atoms with Gasteiger partial charge in [-0.3, -0.25) is 4.79 Å². The fraction of sp³-hybridized carbons (Fsp3) is 0.770. The highest BCUT2D eigenvalue weighted by atomic mass is 16.7. The van der Waals surface area contributed by atoms with Crippen molar-refractivity contribution in [1.29, 1.82) is 0 Å². The number of carbonyl (C=O) groups excluding carboxylic acids is 1. The third kappa shape index (κ3) is 41.4. The van der Waals surface area contributed by atoms with Crippen LogP contribution in [0.1, 0.15) is 271 Å². The van der Waals surface area contributed by atoms with E-state index in [1.807, 2.05) is 6.08 Å². The second kappa shape index (κ2) is 57.8. The van der Waals surface area contributed by atoms with Crippen LogP contribution in [0, 0.1) is 0 Å². The van der Waals surface area contributed by atoms with Crippen LogP contribution in [0.2, 0.25) is 0 Å². The molecule has 1 amide bonds. The number of amides is 1. The SMILES string of the molecule is CC/C=C\C/C=C\C/C=C\C/C=C\C/C=C\CCCCCCCCCCCCCCCCCCCC(=O)NC(COC1OC(CO)C(OC2OC(CO)C(O)C(O)C2O)C(O)C1O)C(O)/C=C/CC/C=C/CC/C=C/CCCCCCCCCCCCC. The summed E-state index contributed by atoms with van der Waals surface area (Å²) in [6, 6.07) is -0.943. The Morgan fingerprint density at radius 2 is 0.795 bits per heavy atom. The zero-order valence-electron chi connectivity index (χ0n) is 55.2. The molecule has 12 unspecified atom stereocenters. The molecule has 0 saturated carbocycles. The van der Waals surface area contributed by atoms with Gasteiger partial charge in [0.15, 0.2) is 12.6 Å². The van der Waals surface area contributed by atoms with Gasteiger partial charge < -0.3 is 65.1 Å². The lowest BCUT2D eigenvalue weighted by atomic mass is 9.97. The largest absolute Gasteiger partial charge is 0.394 e. The maximum absolute atomic E-state index is 13.3. The number of hydrogen-bond acceptors (Lipinski definition) is 13. The van der Waals surface area contributed by atoms with Crippen LogP contribution in [-0.2, 0) is 23.7 Å². The van der Waals surface area contributed by atoms with E-state index in [-0.39, 0.29) is 18.9 Å². The van der Waals surface area contributed by atoms with Gasteiger partial charge in [-0.25, -0.2) is 0 Å². The summed E-state index contributed by atoms with van der Waals surface area (Å²) in [4.78, 5) is 13.3. The molecule has 0 aliphatic carbocycles. The van der Waals surface area contributed by atoms with Crippen LogP contribution in [0.5, 0.6) is 0 Å². The quantitative estimate of drug-likeness (QED) is 0.0204. The van der Waals surface area contributed by atoms with Crippen molar-refractivity contribution in [2.45, 2.75) is 344 Å². The number of rotatable bonds is 57. The Balaban J connectivity index is 1.67. The highest BCUT2D eigenvalue weighted by Gasteiger charge is 2.51. The van der Waals surface area contributed by atoms with E-state index in [0.29, 0.717) is 12.8 Å². The molecule has 2 saturated heterocycles. The highest BCUT2D eigenvalue weighted by molar-refractivity contribution is 5.76.